The molecule has 1 aromatic carbocycles. The normalized spacial score (nSPS) is 10.7. The Morgan fingerprint density at radius 1 is 1.41 bits per heavy atom. The third kappa shape index (κ3) is 3.39. The van der Waals surface area contributed by atoms with Crippen molar-refractivity contribution in [2.24, 2.45) is 0 Å². The van der Waals surface area contributed by atoms with Gasteiger partial charge < -0.3 is 9.88 Å². The fraction of sp³-hybridized carbons (Fsp3) is 0.308. The average Bonchev–Trinajstić information content (AvgIpc) is 2.82. The monoisotopic (exact) mass is 233 g/mol. The van der Waals surface area contributed by atoms with Crippen LogP contribution in [0.1, 0.15) is 11.1 Å². The summed E-state index contributed by atoms with van der Waals surface area (Å²) in [5.41, 5.74) is 1.80. The van der Waals surface area contributed by atoms with Gasteiger partial charge in [0.25, 0.3) is 0 Å². The van der Waals surface area contributed by atoms with Crippen LogP contribution in [0.4, 0.5) is 4.39 Å². The third-order valence-electron chi connectivity index (χ3n) is 2.66. The minimum atomic E-state index is -0.146. The molecule has 0 aliphatic rings. The Hall–Kier alpha value is -1.68. The molecular weight excluding hydrogens is 217 g/mol. The highest BCUT2D eigenvalue weighted by molar-refractivity contribution is 5.23. The molecule has 1 heterocycles. The number of rotatable bonds is 5. The van der Waals surface area contributed by atoms with Gasteiger partial charge in [0.15, 0.2) is 0 Å². The van der Waals surface area contributed by atoms with E-state index in [4.69, 9.17) is 0 Å². The van der Waals surface area contributed by atoms with E-state index >= 15 is 0 Å². The highest BCUT2D eigenvalue weighted by atomic mass is 19.1. The van der Waals surface area contributed by atoms with Crippen LogP contribution in [-0.4, -0.2) is 16.1 Å². The Kier molecular flexibility index (Phi) is 3.88. The first-order valence-electron chi connectivity index (χ1n) is 5.67. The molecule has 0 saturated carbocycles. The number of aryl methyl sites for hydroxylation is 1. The quantitative estimate of drug-likeness (QED) is 0.802. The van der Waals surface area contributed by atoms with E-state index in [2.05, 4.69) is 10.3 Å². The first-order chi connectivity index (χ1) is 8.25. The number of benzene rings is 1. The Bertz CT molecular complexity index is 466. The van der Waals surface area contributed by atoms with Crippen LogP contribution in [-0.2, 0) is 13.1 Å². The first-order valence-corrected chi connectivity index (χ1v) is 5.67. The highest BCUT2D eigenvalue weighted by Gasteiger charge is 1.98. The number of hydrogen-bond donors (Lipinski definition) is 1. The van der Waals surface area contributed by atoms with Crippen molar-refractivity contribution in [3.63, 3.8) is 0 Å². The zero-order valence-electron chi connectivity index (χ0n) is 9.86. The summed E-state index contributed by atoms with van der Waals surface area (Å²) in [5, 5.41) is 3.32. The van der Waals surface area contributed by atoms with Crippen LogP contribution in [0.2, 0.25) is 0 Å². The summed E-state index contributed by atoms with van der Waals surface area (Å²) in [7, 11) is 0. The molecule has 4 heteroatoms. The van der Waals surface area contributed by atoms with Crippen molar-refractivity contribution < 1.29 is 4.39 Å². The second kappa shape index (κ2) is 5.59. The van der Waals surface area contributed by atoms with Crippen molar-refractivity contribution in [2.75, 3.05) is 6.54 Å². The van der Waals surface area contributed by atoms with Crippen LogP contribution in [0, 0.1) is 12.7 Å². The molecule has 0 bridgehead atoms. The second-order valence-corrected chi connectivity index (χ2v) is 4.06. The van der Waals surface area contributed by atoms with Gasteiger partial charge in [-0.2, -0.15) is 0 Å². The fourth-order valence-electron chi connectivity index (χ4n) is 1.68. The molecule has 3 nitrogen and oxygen atoms in total. The van der Waals surface area contributed by atoms with Crippen LogP contribution >= 0.6 is 0 Å². The van der Waals surface area contributed by atoms with E-state index in [-0.39, 0.29) is 5.82 Å². The zero-order valence-corrected chi connectivity index (χ0v) is 9.86. The second-order valence-electron chi connectivity index (χ2n) is 4.06. The predicted octanol–water partition coefficient (Wildman–Crippen LogP) is 2.12. The summed E-state index contributed by atoms with van der Waals surface area (Å²) in [6.45, 7) is 4.30. The van der Waals surface area contributed by atoms with Gasteiger partial charge in [-0.3, -0.25) is 0 Å². The summed E-state index contributed by atoms with van der Waals surface area (Å²) in [4.78, 5) is 3.97. The number of nitrogens with zero attached hydrogens (tertiary/aromatic N) is 2. The molecule has 17 heavy (non-hydrogen) atoms. The number of halogens is 1. The van der Waals surface area contributed by atoms with Gasteiger partial charge in [-0.1, -0.05) is 12.1 Å². The molecule has 2 aromatic rings. The summed E-state index contributed by atoms with van der Waals surface area (Å²) < 4.78 is 15.1. The molecule has 0 amide bonds. The van der Waals surface area contributed by atoms with Crippen molar-refractivity contribution in [3.05, 3.63) is 53.9 Å². The molecular formula is C13H16FN3. The number of imidazole rings is 1. The van der Waals surface area contributed by atoms with Gasteiger partial charge in [0, 0.05) is 32.0 Å². The molecule has 2 rings (SSSR count). The Balaban J connectivity index is 1.76. The highest BCUT2D eigenvalue weighted by Crippen LogP contribution is 2.08. The van der Waals surface area contributed by atoms with Gasteiger partial charge in [0.2, 0.25) is 0 Å². The third-order valence-corrected chi connectivity index (χ3v) is 2.66. The van der Waals surface area contributed by atoms with E-state index in [1.165, 1.54) is 6.07 Å². The van der Waals surface area contributed by atoms with E-state index in [1.54, 1.807) is 19.4 Å². The molecule has 90 valence electrons. The van der Waals surface area contributed by atoms with Crippen molar-refractivity contribution in [3.8, 4) is 0 Å². The molecule has 1 aromatic heterocycles. The molecule has 0 spiro atoms. The average molecular weight is 233 g/mol. The van der Waals surface area contributed by atoms with E-state index in [0.29, 0.717) is 5.56 Å². The van der Waals surface area contributed by atoms with E-state index in [9.17, 15) is 4.39 Å². The lowest BCUT2D eigenvalue weighted by Crippen LogP contribution is -2.19. The van der Waals surface area contributed by atoms with Crippen LogP contribution in [0.3, 0.4) is 0 Å². The van der Waals surface area contributed by atoms with Gasteiger partial charge in [0.05, 0.1) is 6.33 Å². The van der Waals surface area contributed by atoms with Crippen molar-refractivity contribution in [1.82, 2.24) is 14.9 Å². The van der Waals surface area contributed by atoms with E-state index in [0.717, 1.165) is 25.2 Å². The van der Waals surface area contributed by atoms with Crippen molar-refractivity contribution >= 4 is 0 Å². The van der Waals surface area contributed by atoms with Gasteiger partial charge in [-0.25, -0.2) is 9.37 Å². The molecule has 0 aliphatic carbocycles. The fourth-order valence-corrected chi connectivity index (χ4v) is 1.68. The summed E-state index contributed by atoms with van der Waals surface area (Å²) in [6.07, 6.45) is 5.50. The molecule has 0 saturated heterocycles. The lowest BCUT2D eigenvalue weighted by atomic mass is 10.1. The molecule has 0 unspecified atom stereocenters. The number of aromatic nitrogens is 2. The van der Waals surface area contributed by atoms with Crippen molar-refractivity contribution in [1.29, 1.82) is 0 Å². The summed E-state index contributed by atoms with van der Waals surface area (Å²) >= 11 is 0. The van der Waals surface area contributed by atoms with Gasteiger partial charge in [0.1, 0.15) is 5.82 Å². The Morgan fingerprint density at radius 3 is 3.00 bits per heavy atom. The van der Waals surface area contributed by atoms with Crippen LogP contribution in [0.15, 0.2) is 36.9 Å². The van der Waals surface area contributed by atoms with Gasteiger partial charge >= 0.3 is 0 Å². The topological polar surface area (TPSA) is 29.9 Å². The minimum Gasteiger partial charge on any atom is -0.336 e. The molecule has 0 atom stereocenters. The summed E-state index contributed by atoms with van der Waals surface area (Å²) in [6, 6.07) is 5.20. The standard InChI is InChI=1S/C13H16FN3/c1-11-8-12(2-3-13(11)14)9-15-4-6-17-7-5-16-10-17/h2-3,5,7-8,10,15H,4,6,9H2,1H3. The van der Waals surface area contributed by atoms with Gasteiger partial charge in [-0.05, 0) is 24.1 Å². The van der Waals surface area contributed by atoms with Gasteiger partial charge in [-0.15, -0.1) is 0 Å². The Morgan fingerprint density at radius 2 is 2.29 bits per heavy atom. The first kappa shape index (κ1) is 11.8. The molecule has 0 radical (unpaired) electrons. The zero-order chi connectivity index (χ0) is 12.1. The van der Waals surface area contributed by atoms with Crippen LogP contribution in [0.25, 0.3) is 0 Å². The van der Waals surface area contributed by atoms with Crippen LogP contribution < -0.4 is 5.32 Å². The number of hydrogen-bond acceptors (Lipinski definition) is 2. The minimum absolute atomic E-state index is 0.146. The van der Waals surface area contributed by atoms with Crippen molar-refractivity contribution in [2.45, 2.75) is 20.0 Å². The lowest BCUT2D eigenvalue weighted by molar-refractivity contribution is 0.593. The van der Waals surface area contributed by atoms with Crippen LogP contribution in [0.5, 0.6) is 0 Å². The maximum Gasteiger partial charge on any atom is 0.126 e. The number of nitrogens with one attached hydrogen (secondary N) is 1. The Labute approximate surface area is 100 Å². The lowest BCUT2D eigenvalue weighted by Gasteiger charge is -2.06. The SMILES string of the molecule is Cc1cc(CNCCn2ccnc2)ccc1F. The summed E-state index contributed by atoms with van der Waals surface area (Å²) in [5.74, 6) is -0.146. The maximum atomic E-state index is 13.0. The maximum absolute atomic E-state index is 13.0. The molecule has 0 aliphatic heterocycles. The molecule has 1 N–H and O–H groups in total. The van der Waals surface area contributed by atoms with E-state index < -0.39 is 0 Å². The predicted molar refractivity (Wildman–Crippen MR) is 65.1 cm³/mol. The van der Waals surface area contributed by atoms with E-state index in [1.807, 2.05) is 22.9 Å². The smallest absolute Gasteiger partial charge is 0.126 e. The molecule has 0 fully saturated rings. The largest absolute Gasteiger partial charge is 0.336 e.